The maximum absolute atomic E-state index is 9.88. The smallest absolute Gasteiger partial charge is 0.113 e. The van der Waals surface area contributed by atoms with Gasteiger partial charge in [-0.1, -0.05) is 29.3 Å². The van der Waals surface area contributed by atoms with Crippen LogP contribution < -0.4 is 21.6 Å². The Hall–Kier alpha value is -3.59. The molecule has 0 unspecified atom stereocenters. The van der Waals surface area contributed by atoms with E-state index in [1.54, 1.807) is 0 Å². The highest BCUT2D eigenvalue weighted by molar-refractivity contribution is 7.07. The highest BCUT2D eigenvalue weighted by Gasteiger charge is 2.24. The van der Waals surface area contributed by atoms with Gasteiger partial charge < -0.3 is 21.0 Å². The van der Waals surface area contributed by atoms with E-state index in [1.807, 2.05) is 53.2 Å². The van der Waals surface area contributed by atoms with Gasteiger partial charge in [-0.2, -0.15) is 5.26 Å². The Kier molecular flexibility index (Phi) is 8.59. The zero-order chi connectivity index (χ0) is 28.2. The molecule has 0 spiro atoms. The van der Waals surface area contributed by atoms with Crippen molar-refractivity contribution in [2.45, 2.75) is 19.4 Å². The van der Waals surface area contributed by atoms with E-state index in [-0.39, 0.29) is 6.04 Å². The number of benzene rings is 2. The van der Waals surface area contributed by atoms with Gasteiger partial charge in [0.15, 0.2) is 0 Å². The summed E-state index contributed by atoms with van der Waals surface area (Å²) in [5.74, 6) is 0. The van der Waals surface area contributed by atoms with Gasteiger partial charge in [0.25, 0.3) is 0 Å². The van der Waals surface area contributed by atoms with E-state index >= 15 is 0 Å². The summed E-state index contributed by atoms with van der Waals surface area (Å²) in [6.07, 6.45) is 4.59. The molecule has 206 valence electrons. The molecule has 0 saturated heterocycles. The van der Waals surface area contributed by atoms with E-state index < -0.39 is 0 Å². The van der Waals surface area contributed by atoms with Crippen molar-refractivity contribution in [1.82, 2.24) is 30.8 Å². The van der Waals surface area contributed by atoms with E-state index in [2.05, 4.69) is 62.8 Å². The minimum absolute atomic E-state index is 0.273. The summed E-state index contributed by atoms with van der Waals surface area (Å²) in [6, 6.07) is 11.4. The molecule has 1 aliphatic rings. The van der Waals surface area contributed by atoms with Crippen molar-refractivity contribution in [3.63, 3.8) is 0 Å². The molecule has 0 aliphatic carbocycles. The monoisotopic (exact) mass is 593 g/mol. The van der Waals surface area contributed by atoms with E-state index in [9.17, 15) is 5.26 Å². The molecule has 0 saturated carbocycles. The number of aromatic nitrogens is 2. The fourth-order valence-corrected chi connectivity index (χ4v) is 5.44. The fourth-order valence-electron chi connectivity index (χ4n) is 4.41. The van der Waals surface area contributed by atoms with Gasteiger partial charge in [-0.3, -0.25) is 9.99 Å². The molecule has 0 fully saturated rings. The number of aryl methyl sites for hydroxylation is 1. The number of hydrazine groups is 2. The van der Waals surface area contributed by atoms with Gasteiger partial charge in [0.1, 0.15) is 12.1 Å². The Labute approximate surface area is 247 Å². The zero-order valence-electron chi connectivity index (χ0n) is 22.3. The van der Waals surface area contributed by atoms with E-state index in [0.717, 1.165) is 47.8 Å². The molecule has 4 N–H and O–H groups in total. The molecule has 40 heavy (non-hydrogen) atoms. The van der Waals surface area contributed by atoms with Crippen LogP contribution in [0, 0.1) is 18.3 Å². The second-order valence-electron chi connectivity index (χ2n) is 9.76. The Bertz CT molecular complexity index is 1580. The van der Waals surface area contributed by atoms with Gasteiger partial charge in [0, 0.05) is 46.1 Å². The van der Waals surface area contributed by atoms with Crippen LogP contribution in [0.25, 0.3) is 10.9 Å². The summed E-state index contributed by atoms with van der Waals surface area (Å²) in [4.78, 5) is 11.2. The molecular weight excluding hydrogens is 565 g/mol. The predicted octanol–water partition coefficient (Wildman–Crippen LogP) is 6.19. The van der Waals surface area contributed by atoms with Gasteiger partial charge in [0.05, 0.1) is 38.7 Å². The molecule has 2 aromatic heterocycles. The number of fused-ring (bicyclic) bond motifs is 1. The SMILES string of the molecule is Cc1ccc(Nc2c(C#N)cnc3c(Cl)cc(N[C@H](C4=CN(CCCN(C)C)NN4)c4cscn4)cc23)cc1Cl. The van der Waals surface area contributed by atoms with Crippen LogP contribution in [0.2, 0.25) is 10.0 Å². The van der Waals surface area contributed by atoms with Crippen LogP contribution in [-0.2, 0) is 0 Å². The number of rotatable bonds is 10. The summed E-state index contributed by atoms with van der Waals surface area (Å²) in [7, 11) is 4.14. The van der Waals surface area contributed by atoms with Gasteiger partial charge in [-0.25, -0.2) is 4.98 Å². The highest BCUT2D eigenvalue weighted by atomic mass is 35.5. The van der Waals surface area contributed by atoms with Crippen molar-refractivity contribution in [2.75, 3.05) is 37.8 Å². The predicted molar refractivity (Wildman–Crippen MR) is 164 cm³/mol. The van der Waals surface area contributed by atoms with Crippen molar-refractivity contribution in [1.29, 1.82) is 5.26 Å². The summed E-state index contributed by atoms with van der Waals surface area (Å²) >= 11 is 14.7. The minimum atomic E-state index is -0.273. The molecule has 12 heteroatoms. The van der Waals surface area contributed by atoms with E-state index in [0.29, 0.717) is 32.2 Å². The Morgan fingerprint density at radius 3 is 2.70 bits per heavy atom. The first-order valence-corrected chi connectivity index (χ1v) is 14.4. The second kappa shape index (κ2) is 12.3. The lowest BCUT2D eigenvalue weighted by atomic mass is 10.1. The van der Waals surface area contributed by atoms with Crippen LogP contribution >= 0.6 is 34.5 Å². The number of hydrogen-bond acceptors (Lipinski definition) is 10. The Morgan fingerprint density at radius 1 is 1.15 bits per heavy atom. The average molecular weight is 595 g/mol. The quantitative estimate of drug-likeness (QED) is 0.171. The van der Waals surface area contributed by atoms with Crippen LogP contribution in [0.1, 0.15) is 29.3 Å². The van der Waals surface area contributed by atoms with E-state index in [1.165, 1.54) is 17.5 Å². The molecule has 1 atom stereocenters. The van der Waals surface area contributed by atoms with Gasteiger partial charge in [0.2, 0.25) is 0 Å². The van der Waals surface area contributed by atoms with Crippen molar-refractivity contribution >= 4 is 62.5 Å². The average Bonchev–Trinajstić information content (AvgIpc) is 3.62. The lowest BCUT2D eigenvalue weighted by molar-refractivity contribution is 0.252. The maximum atomic E-state index is 9.88. The van der Waals surface area contributed by atoms with Crippen molar-refractivity contribution in [2.24, 2.45) is 0 Å². The third-order valence-corrected chi connectivity index (χ3v) is 7.80. The number of pyridine rings is 1. The van der Waals surface area contributed by atoms with Gasteiger partial charge in [-0.15, -0.1) is 16.9 Å². The van der Waals surface area contributed by atoms with Crippen LogP contribution in [0.5, 0.6) is 0 Å². The standard InChI is InChI=1S/C28H29Cl2N9S/c1-17-5-6-19(10-22(17)29)34-26-18(12-31)13-32-27-21(26)9-20(11-23(27)30)35-28(25-15-40-16-33-25)24-14-39(37-36-24)8-4-7-38(2)3/h5-6,9-11,13-16,28,35-37H,4,7-8H2,1-3H3,(H,32,34)/t28-/m1/s1. The topological polar surface area (TPSA) is 104 Å². The normalized spacial score (nSPS) is 13.7. The molecule has 0 radical (unpaired) electrons. The molecule has 0 amide bonds. The molecular formula is C28H29Cl2N9S. The van der Waals surface area contributed by atoms with Gasteiger partial charge >= 0.3 is 0 Å². The van der Waals surface area contributed by atoms with Crippen molar-refractivity contribution in [3.05, 3.63) is 86.2 Å². The highest BCUT2D eigenvalue weighted by Crippen LogP contribution is 2.37. The van der Waals surface area contributed by atoms with Crippen molar-refractivity contribution < 1.29 is 0 Å². The number of anilines is 3. The second-order valence-corrected chi connectivity index (χ2v) is 11.3. The number of nitrogens with zero attached hydrogens (tertiary/aromatic N) is 5. The van der Waals surface area contributed by atoms with Crippen molar-refractivity contribution in [3.8, 4) is 6.07 Å². The molecule has 1 aliphatic heterocycles. The number of nitriles is 1. The molecule has 4 aromatic rings. The van der Waals surface area contributed by atoms with Crippen LogP contribution in [0.15, 0.2) is 59.3 Å². The lowest BCUT2D eigenvalue weighted by Crippen LogP contribution is -2.38. The first kappa shape index (κ1) is 28.0. The number of hydrogen-bond donors (Lipinski definition) is 4. The number of halogens is 2. The van der Waals surface area contributed by atoms with Crippen LogP contribution in [-0.4, -0.2) is 47.1 Å². The third kappa shape index (κ3) is 6.25. The Morgan fingerprint density at radius 2 is 1.98 bits per heavy atom. The number of nitrogens with one attached hydrogen (secondary N) is 4. The molecule has 2 aromatic carbocycles. The summed E-state index contributed by atoms with van der Waals surface area (Å²) in [6.45, 7) is 3.79. The molecule has 9 nitrogen and oxygen atoms in total. The summed E-state index contributed by atoms with van der Waals surface area (Å²) < 4.78 is 0. The van der Waals surface area contributed by atoms with Crippen LogP contribution in [0.4, 0.5) is 17.1 Å². The first-order chi connectivity index (χ1) is 19.3. The molecule has 5 rings (SSSR count). The first-order valence-electron chi connectivity index (χ1n) is 12.7. The fraction of sp³-hybridized carbons (Fsp3) is 0.250. The summed E-state index contributed by atoms with van der Waals surface area (Å²) in [5, 5.41) is 22.7. The molecule has 3 heterocycles. The van der Waals surface area contributed by atoms with Crippen LogP contribution in [0.3, 0.4) is 0 Å². The Balaban J connectivity index is 1.49. The lowest BCUT2D eigenvalue weighted by Gasteiger charge is -2.20. The largest absolute Gasteiger partial charge is 0.371 e. The third-order valence-electron chi connectivity index (χ3n) is 6.50. The van der Waals surface area contributed by atoms with E-state index in [4.69, 9.17) is 23.2 Å². The number of thiazole rings is 1. The minimum Gasteiger partial charge on any atom is -0.371 e. The van der Waals surface area contributed by atoms with Gasteiger partial charge in [-0.05, 0) is 63.8 Å². The molecule has 0 bridgehead atoms. The maximum Gasteiger partial charge on any atom is 0.113 e. The zero-order valence-corrected chi connectivity index (χ0v) is 24.6. The summed E-state index contributed by atoms with van der Waals surface area (Å²) in [5.41, 5.74) is 14.2.